The molecule has 204 valence electrons. The van der Waals surface area contributed by atoms with E-state index in [-0.39, 0.29) is 41.6 Å². The van der Waals surface area contributed by atoms with Crippen LogP contribution < -0.4 is 11.1 Å². The second-order valence-corrected chi connectivity index (χ2v) is 11.9. The molecule has 7 N–H and O–H groups in total. The number of phenols is 1. The average Bonchev–Trinajstić information content (AvgIpc) is 2.85. The number of aliphatic hydroxyl groups excluding tert-OH is 2. The first-order chi connectivity index (χ1) is 18.2. The van der Waals surface area contributed by atoms with E-state index in [1.54, 1.807) is 6.07 Å². The molecule has 0 saturated heterocycles. The number of nitrogens with two attached hydrogens (primary N) is 1. The zero-order valence-corrected chi connectivity index (χ0v) is 22.0. The minimum Gasteiger partial charge on any atom is -0.511 e. The van der Waals surface area contributed by atoms with Crippen LogP contribution in [-0.4, -0.2) is 50.0 Å². The number of phenolic OH excluding ortho intramolecular Hbond substituents is 1. The molecule has 0 unspecified atom stereocenters. The third kappa shape index (κ3) is 4.17. The molecule has 0 fully saturated rings. The number of hydrogen-bond acceptors (Lipinski definition) is 8. The van der Waals surface area contributed by atoms with E-state index in [0.717, 1.165) is 23.4 Å². The van der Waals surface area contributed by atoms with Crippen LogP contribution in [0.25, 0.3) is 11.1 Å². The summed E-state index contributed by atoms with van der Waals surface area (Å²) < 4.78 is 0. The molecule has 2 aromatic carbocycles. The maximum Gasteiger partial charge on any atom is 0.255 e. The summed E-state index contributed by atoms with van der Waals surface area (Å²) in [5.41, 5.74) is 4.95. The smallest absolute Gasteiger partial charge is 0.255 e. The molecular weight excluding hydrogens is 500 g/mol. The van der Waals surface area contributed by atoms with Crippen molar-refractivity contribution in [1.82, 2.24) is 0 Å². The molecule has 3 atom stereocenters. The standard InChI is InChI=1S/C30H32N2O7/c1-29(2,3)13-32-17-6-4-14(5-7-17)18-8-9-20(33)23-19(18)11-15-10-16-12-21(34)24(28(31)38)27(37)30(16,39)26(36)22(15)25(23)35/h4-9,15-16,32-34,36,39H,10-13H2,1-3H3,(H2,31,38)/t15-,16+,30+/m1/s1. The molecule has 3 aliphatic carbocycles. The highest BCUT2D eigenvalue weighted by molar-refractivity contribution is 6.24. The van der Waals surface area contributed by atoms with Crippen LogP contribution >= 0.6 is 0 Å². The van der Waals surface area contributed by atoms with Crippen LogP contribution in [0, 0.1) is 17.3 Å². The predicted octanol–water partition coefficient (Wildman–Crippen LogP) is 3.71. The van der Waals surface area contributed by atoms with E-state index < -0.39 is 52.0 Å². The van der Waals surface area contributed by atoms with Gasteiger partial charge in [0.1, 0.15) is 22.8 Å². The van der Waals surface area contributed by atoms with Crippen molar-refractivity contribution < 1.29 is 34.8 Å². The highest BCUT2D eigenvalue weighted by atomic mass is 16.3. The maximum atomic E-state index is 13.7. The maximum absolute atomic E-state index is 13.7. The first-order valence-corrected chi connectivity index (χ1v) is 12.9. The molecule has 3 aliphatic rings. The molecule has 2 aromatic rings. The predicted molar refractivity (Wildman–Crippen MR) is 144 cm³/mol. The van der Waals surface area contributed by atoms with Crippen LogP contribution in [0.3, 0.4) is 0 Å². The zero-order chi connectivity index (χ0) is 28.4. The lowest BCUT2D eigenvalue weighted by Gasteiger charge is -2.45. The van der Waals surface area contributed by atoms with Crippen LogP contribution in [-0.2, 0) is 16.0 Å². The largest absolute Gasteiger partial charge is 0.511 e. The number of rotatable bonds is 4. The van der Waals surface area contributed by atoms with E-state index in [0.29, 0.717) is 5.56 Å². The number of aliphatic hydroxyl groups is 3. The lowest BCUT2D eigenvalue weighted by molar-refractivity contribution is -0.144. The fourth-order valence-electron chi connectivity index (χ4n) is 6.02. The van der Waals surface area contributed by atoms with E-state index in [4.69, 9.17) is 5.73 Å². The molecule has 0 saturated carbocycles. The summed E-state index contributed by atoms with van der Waals surface area (Å²) >= 11 is 0. The summed E-state index contributed by atoms with van der Waals surface area (Å²) in [6, 6.07) is 10.9. The van der Waals surface area contributed by atoms with E-state index in [9.17, 15) is 34.8 Å². The van der Waals surface area contributed by atoms with Gasteiger partial charge in [-0.3, -0.25) is 14.4 Å². The van der Waals surface area contributed by atoms with Crippen molar-refractivity contribution in [2.75, 3.05) is 11.9 Å². The van der Waals surface area contributed by atoms with E-state index in [1.807, 2.05) is 24.3 Å². The topological polar surface area (TPSA) is 170 Å². The summed E-state index contributed by atoms with van der Waals surface area (Å²) in [7, 11) is 0. The second kappa shape index (κ2) is 8.98. The first kappa shape index (κ1) is 26.5. The number of hydrogen-bond donors (Lipinski definition) is 6. The molecule has 0 spiro atoms. The minimum atomic E-state index is -2.57. The number of aromatic hydroxyl groups is 1. The molecule has 0 radical (unpaired) electrons. The Morgan fingerprint density at radius 3 is 2.33 bits per heavy atom. The van der Waals surface area contributed by atoms with Gasteiger partial charge in [-0.15, -0.1) is 0 Å². The normalized spacial score (nSPS) is 24.7. The number of ketones is 2. The Morgan fingerprint density at radius 2 is 1.72 bits per heavy atom. The Bertz CT molecular complexity index is 1480. The van der Waals surface area contributed by atoms with Gasteiger partial charge in [0.25, 0.3) is 5.91 Å². The number of carbonyl (C=O) groups is 3. The number of primary amides is 1. The van der Waals surface area contributed by atoms with Crippen LogP contribution in [0.2, 0.25) is 0 Å². The first-order valence-electron chi connectivity index (χ1n) is 12.9. The van der Waals surface area contributed by atoms with Gasteiger partial charge in [0.05, 0.1) is 5.56 Å². The van der Waals surface area contributed by atoms with Gasteiger partial charge in [0, 0.05) is 30.1 Å². The number of benzene rings is 2. The third-order valence-electron chi connectivity index (χ3n) is 7.96. The summed E-state index contributed by atoms with van der Waals surface area (Å²) in [6.45, 7) is 7.20. The van der Waals surface area contributed by atoms with Crippen LogP contribution in [0.5, 0.6) is 5.75 Å². The quantitative estimate of drug-likeness (QED) is 0.324. The number of carbonyl (C=O) groups excluding carboxylic acids is 3. The number of fused-ring (bicyclic) bond motifs is 3. The molecule has 39 heavy (non-hydrogen) atoms. The number of Topliss-reactive ketones (excluding diaryl/α,β-unsaturated/α-hetero) is 2. The van der Waals surface area contributed by atoms with Crippen molar-refractivity contribution in [3.05, 3.63) is 70.2 Å². The number of allylic oxidation sites excluding steroid dienone is 2. The van der Waals surface area contributed by atoms with Gasteiger partial charge < -0.3 is 31.5 Å². The van der Waals surface area contributed by atoms with Crippen molar-refractivity contribution in [2.24, 2.45) is 23.0 Å². The molecule has 1 amide bonds. The molecule has 0 heterocycles. The van der Waals surface area contributed by atoms with Gasteiger partial charge in [-0.05, 0) is 59.1 Å². The number of amides is 1. The molecule has 0 bridgehead atoms. The fraction of sp³-hybridized carbons (Fsp3) is 0.367. The van der Waals surface area contributed by atoms with Gasteiger partial charge in [0.2, 0.25) is 5.78 Å². The second-order valence-electron chi connectivity index (χ2n) is 11.9. The summed E-state index contributed by atoms with van der Waals surface area (Å²) in [6.07, 6.45) is 0.0845. The molecule has 0 aliphatic heterocycles. The average molecular weight is 533 g/mol. The fourth-order valence-corrected chi connectivity index (χ4v) is 6.02. The van der Waals surface area contributed by atoms with Crippen molar-refractivity contribution in [1.29, 1.82) is 0 Å². The van der Waals surface area contributed by atoms with Crippen molar-refractivity contribution in [3.8, 4) is 16.9 Å². The van der Waals surface area contributed by atoms with Gasteiger partial charge in [0.15, 0.2) is 11.4 Å². The van der Waals surface area contributed by atoms with Crippen molar-refractivity contribution >= 4 is 23.2 Å². The van der Waals surface area contributed by atoms with E-state index >= 15 is 0 Å². The molecular formula is C30H32N2O7. The highest BCUT2D eigenvalue weighted by Gasteiger charge is 2.59. The lowest BCUT2D eigenvalue weighted by Crippen LogP contribution is -2.57. The van der Waals surface area contributed by atoms with E-state index in [2.05, 4.69) is 26.1 Å². The van der Waals surface area contributed by atoms with Crippen molar-refractivity contribution in [2.45, 2.75) is 45.6 Å². The Hall–Kier alpha value is -4.11. The third-order valence-corrected chi connectivity index (χ3v) is 7.96. The summed E-state index contributed by atoms with van der Waals surface area (Å²) in [5.74, 6) is -6.38. The Labute approximate surface area is 225 Å². The zero-order valence-electron chi connectivity index (χ0n) is 22.0. The number of anilines is 1. The summed E-state index contributed by atoms with van der Waals surface area (Å²) in [5, 5.41) is 47.0. The number of nitrogens with one attached hydrogen (secondary N) is 1. The SMILES string of the molecule is CC(C)(C)CNc1ccc(-c2ccc(O)c3c2C[C@H]2C[C@H]4CC(O)=C(C(N)=O)C(=O)[C@@]4(O)C(O)=C2C3=O)cc1. The Morgan fingerprint density at radius 1 is 1.05 bits per heavy atom. The molecule has 5 rings (SSSR count). The van der Waals surface area contributed by atoms with Gasteiger partial charge in [-0.25, -0.2) is 0 Å². The van der Waals surface area contributed by atoms with Gasteiger partial charge in [-0.1, -0.05) is 39.0 Å². The van der Waals surface area contributed by atoms with Gasteiger partial charge >= 0.3 is 0 Å². The van der Waals surface area contributed by atoms with Crippen LogP contribution in [0.1, 0.15) is 49.5 Å². The molecule has 9 nitrogen and oxygen atoms in total. The lowest BCUT2D eigenvalue weighted by atomic mass is 9.60. The van der Waals surface area contributed by atoms with Crippen molar-refractivity contribution in [3.63, 3.8) is 0 Å². The minimum absolute atomic E-state index is 0.000874. The van der Waals surface area contributed by atoms with Crippen LogP contribution in [0.4, 0.5) is 5.69 Å². The highest BCUT2D eigenvalue weighted by Crippen LogP contribution is 2.52. The molecule has 0 aromatic heterocycles. The Kier molecular flexibility index (Phi) is 6.10. The Balaban J connectivity index is 1.56. The van der Waals surface area contributed by atoms with Gasteiger partial charge in [-0.2, -0.15) is 0 Å². The van der Waals surface area contributed by atoms with Crippen LogP contribution in [0.15, 0.2) is 59.1 Å². The molecule has 9 heteroatoms. The summed E-state index contributed by atoms with van der Waals surface area (Å²) in [4.78, 5) is 38.6. The monoisotopic (exact) mass is 532 g/mol. The van der Waals surface area contributed by atoms with E-state index in [1.165, 1.54) is 6.07 Å².